The molecule has 0 aliphatic heterocycles. The molecule has 0 aromatic heterocycles. The normalized spacial score (nSPS) is 11.0. The van der Waals surface area contributed by atoms with E-state index in [1.807, 2.05) is 6.92 Å². The zero-order valence-electron chi connectivity index (χ0n) is 13.8. The van der Waals surface area contributed by atoms with E-state index in [0.717, 1.165) is 0 Å². The molecule has 2 aromatic rings. The number of sulfonamides is 1. The molecule has 2 aromatic carbocycles. The van der Waals surface area contributed by atoms with Gasteiger partial charge in [-0.2, -0.15) is 0 Å². The van der Waals surface area contributed by atoms with Crippen molar-refractivity contribution in [3.8, 4) is 5.75 Å². The van der Waals surface area contributed by atoms with Gasteiger partial charge in [0.2, 0.25) is 5.91 Å². The number of rotatable bonds is 6. The Morgan fingerprint density at radius 1 is 1.12 bits per heavy atom. The average Bonchev–Trinajstić information content (AvgIpc) is 2.56. The number of anilines is 2. The van der Waals surface area contributed by atoms with Crippen molar-refractivity contribution in [1.29, 1.82) is 0 Å². The van der Waals surface area contributed by atoms with Crippen LogP contribution in [0.1, 0.15) is 13.8 Å². The molecule has 0 heterocycles. The number of amides is 1. The summed E-state index contributed by atoms with van der Waals surface area (Å²) in [7, 11) is -2.12. The van der Waals surface area contributed by atoms with Gasteiger partial charge in [0.15, 0.2) is 0 Å². The Kier molecular flexibility index (Phi) is 5.46. The van der Waals surface area contributed by atoms with Crippen molar-refractivity contribution in [2.75, 3.05) is 23.3 Å². The van der Waals surface area contributed by atoms with Gasteiger partial charge in [-0.1, -0.05) is 12.1 Å². The number of nitrogens with one attached hydrogen (secondary N) is 1. The highest BCUT2D eigenvalue weighted by Gasteiger charge is 2.17. The van der Waals surface area contributed by atoms with E-state index in [1.165, 1.54) is 24.0 Å². The van der Waals surface area contributed by atoms with Gasteiger partial charge in [0.05, 0.1) is 17.2 Å². The van der Waals surface area contributed by atoms with Gasteiger partial charge < -0.3 is 9.64 Å². The highest BCUT2D eigenvalue weighted by Crippen LogP contribution is 2.27. The molecule has 1 amide bonds. The number of benzene rings is 2. The summed E-state index contributed by atoms with van der Waals surface area (Å²) in [6, 6.07) is 12.9. The third kappa shape index (κ3) is 4.05. The predicted molar refractivity (Wildman–Crippen MR) is 93.9 cm³/mol. The number of para-hydroxylation sites is 2. The van der Waals surface area contributed by atoms with Gasteiger partial charge in [0, 0.05) is 19.7 Å². The van der Waals surface area contributed by atoms with Gasteiger partial charge in [-0.15, -0.1) is 0 Å². The minimum atomic E-state index is -3.75. The molecule has 1 N–H and O–H groups in total. The van der Waals surface area contributed by atoms with Crippen molar-refractivity contribution < 1.29 is 17.9 Å². The molecule has 2 rings (SSSR count). The van der Waals surface area contributed by atoms with Crippen molar-refractivity contribution in [2.24, 2.45) is 0 Å². The molecule has 0 aliphatic carbocycles. The van der Waals surface area contributed by atoms with Crippen LogP contribution >= 0.6 is 0 Å². The van der Waals surface area contributed by atoms with E-state index in [2.05, 4.69) is 4.72 Å². The van der Waals surface area contributed by atoms with Crippen LogP contribution < -0.4 is 14.4 Å². The lowest BCUT2D eigenvalue weighted by molar-refractivity contribution is -0.116. The van der Waals surface area contributed by atoms with E-state index in [0.29, 0.717) is 23.7 Å². The number of carbonyl (C=O) groups excluding carboxylic acids is 1. The largest absolute Gasteiger partial charge is 0.492 e. The predicted octanol–water partition coefficient (Wildman–Crippen LogP) is 2.87. The first-order valence-electron chi connectivity index (χ1n) is 7.44. The molecule has 0 saturated heterocycles. The molecule has 0 radical (unpaired) electrons. The molecule has 7 heteroatoms. The number of nitrogens with zero attached hydrogens (tertiary/aromatic N) is 1. The summed E-state index contributed by atoms with van der Waals surface area (Å²) in [6.45, 7) is 3.71. The summed E-state index contributed by atoms with van der Waals surface area (Å²) in [6.07, 6.45) is 0. The molecule has 0 spiro atoms. The zero-order valence-corrected chi connectivity index (χ0v) is 14.6. The van der Waals surface area contributed by atoms with Gasteiger partial charge in [-0.3, -0.25) is 9.52 Å². The smallest absolute Gasteiger partial charge is 0.262 e. The van der Waals surface area contributed by atoms with E-state index in [-0.39, 0.29) is 10.8 Å². The third-order valence-electron chi connectivity index (χ3n) is 3.44. The molecule has 0 fully saturated rings. The third-order valence-corrected chi connectivity index (χ3v) is 4.82. The van der Waals surface area contributed by atoms with E-state index < -0.39 is 10.0 Å². The van der Waals surface area contributed by atoms with E-state index in [9.17, 15) is 13.2 Å². The van der Waals surface area contributed by atoms with Crippen molar-refractivity contribution in [2.45, 2.75) is 18.7 Å². The number of hydrogen-bond donors (Lipinski definition) is 1. The lowest BCUT2D eigenvalue weighted by Gasteiger charge is -2.16. The second-order valence-electron chi connectivity index (χ2n) is 5.11. The van der Waals surface area contributed by atoms with Crippen LogP contribution in [0.15, 0.2) is 53.4 Å². The van der Waals surface area contributed by atoms with Crippen LogP contribution in [0.5, 0.6) is 5.75 Å². The summed E-state index contributed by atoms with van der Waals surface area (Å²) in [5.74, 6) is 0.339. The van der Waals surface area contributed by atoms with Crippen molar-refractivity contribution >= 4 is 27.3 Å². The Hall–Kier alpha value is -2.54. The SMILES string of the molecule is CCOc1ccccc1NS(=O)(=O)c1ccc(N(C)C(C)=O)cc1. The fraction of sp³-hybridized carbons (Fsp3) is 0.235. The fourth-order valence-electron chi connectivity index (χ4n) is 2.07. The summed E-state index contributed by atoms with van der Waals surface area (Å²) in [4.78, 5) is 12.9. The van der Waals surface area contributed by atoms with E-state index in [4.69, 9.17) is 4.74 Å². The standard InChI is InChI=1S/C17H20N2O4S/c1-4-23-17-8-6-5-7-16(17)18-24(21,22)15-11-9-14(10-12-15)19(3)13(2)20/h5-12,18H,4H2,1-3H3. The molecule has 0 unspecified atom stereocenters. The van der Waals surface area contributed by atoms with Crippen LogP contribution in [-0.2, 0) is 14.8 Å². The molecule has 128 valence electrons. The first kappa shape index (κ1) is 17.8. The first-order valence-corrected chi connectivity index (χ1v) is 8.92. The Bertz CT molecular complexity index is 817. The second-order valence-corrected chi connectivity index (χ2v) is 6.79. The molecule has 0 saturated carbocycles. The van der Waals surface area contributed by atoms with E-state index in [1.54, 1.807) is 43.4 Å². The Balaban J connectivity index is 2.26. The highest BCUT2D eigenvalue weighted by atomic mass is 32.2. The van der Waals surface area contributed by atoms with Gasteiger partial charge in [-0.05, 0) is 43.3 Å². The molecule has 0 aliphatic rings. The monoisotopic (exact) mass is 348 g/mol. The van der Waals surface area contributed by atoms with Crippen molar-refractivity contribution in [3.63, 3.8) is 0 Å². The summed E-state index contributed by atoms with van der Waals surface area (Å²) in [5, 5.41) is 0. The summed E-state index contributed by atoms with van der Waals surface area (Å²) in [5.41, 5.74) is 1.00. The van der Waals surface area contributed by atoms with Crippen LogP contribution in [0.2, 0.25) is 0 Å². The number of ether oxygens (including phenoxy) is 1. The first-order chi connectivity index (χ1) is 11.3. The summed E-state index contributed by atoms with van der Waals surface area (Å²) < 4.78 is 33.0. The molecular formula is C17H20N2O4S. The molecule has 24 heavy (non-hydrogen) atoms. The fourth-order valence-corrected chi connectivity index (χ4v) is 3.14. The van der Waals surface area contributed by atoms with E-state index >= 15 is 0 Å². The quantitative estimate of drug-likeness (QED) is 0.871. The maximum absolute atomic E-state index is 12.5. The zero-order chi connectivity index (χ0) is 17.7. The van der Waals surface area contributed by atoms with Crippen LogP contribution in [0.25, 0.3) is 0 Å². The van der Waals surface area contributed by atoms with Crippen LogP contribution in [0, 0.1) is 0 Å². The van der Waals surface area contributed by atoms with Gasteiger partial charge in [0.1, 0.15) is 5.75 Å². The Labute approximate surface area is 142 Å². The highest BCUT2D eigenvalue weighted by molar-refractivity contribution is 7.92. The Morgan fingerprint density at radius 2 is 1.75 bits per heavy atom. The number of carbonyl (C=O) groups is 1. The van der Waals surface area contributed by atoms with Crippen molar-refractivity contribution in [3.05, 3.63) is 48.5 Å². The molecular weight excluding hydrogens is 328 g/mol. The average molecular weight is 348 g/mol. The molecule has 6 nitrogen and oxygen atoms in total. The maximum atomic E-state index is 12.5. The minimum absolute atomic E-state index is 0.106. The van der Waals surface area contributed by atoms with Crippen LogP contribution in [0.3, 0.4) is 0 Å². The maximum Gasteiger partial charge on any atom is 0.262 e. The topological polar surface area (TPSA) is 75.7 Å². The van der Waals surface area contributed by atoms with Gasteiger partial charge >= 0.3 is 0 Å². The van der Waals surface area contributed by atoms with Gasteiger partial charge in [0.25, 0.3) is 10.0 Å². The van der Waals surface area contributed by atoms with Crippen LogP contribution in [-0.4, -0.2) is 28.0 Å². The Morgan fingerprint density at radius 3 is 2.33 bits per heavy atom. The van der Waals surface area contributed by atoms with Crippen molar-refractivity contribution in [1.82, 2.24) is 0 Å². The molecule has 0 bridgehead atoms. The van der Waals surface area contributed by atoms with Crippen LogP contribution in [0.4, 0.5) is 11.4 Å². The van der Waals surface area contributed by atoms with Gasteiger partial charge in [-0.25, -0.2) is 8.42 Å². The summed E-state index contributed by atoms with van der Waals surface area (Å²) >= 11 is 0. The lowest BCUT2D eigenvalue weighted by Crippen LogP contribution is -2.22. The molecule has 0 atom stereocenters. The minimum Gasteiger partial charge on any atom is -0.492 e. The second kappa shape index (κ2) is 7.35. The lowest BCUT2D eigenvalue weighted by atomic mass is 10.3. The number of hydrogen-bond acceptors (Lipinski definition) is 4.